The largest absolute Gasteiger partial charge is 0.493 e. The first-order chi connectivity index (χ1) is 14.0. The smallest absolute Gasteiger partial charge is 0.191 e. The van der Waals surface area contributed by atoms with Gasteiger partial charge in [-0.2, -0.15) is 0 Å². The summed E-state index contributed by atoms with van der Waals surface area (Å²) < 4.78 is 16.9. The molecule has 1 fully saturated rings. The molecule has 0 amide bonds. The Balaban J connectivity index is 0.00000320. The first kappa shape index (κ1) is 24.5. The monoisotopic (exact) mass is 528 g/mol. The van der Waals surface area contributed by atoms with Crippen LogP contribution in [0.3, 0.4) is 0 Å². The van der Waals surface area contributed by atoms with Gasteiger partial charge in [-0.1, -0.05) is 31.1 Å². The van der Waals surface area contributed by atoms with E-state index in [1.807, 2.05) is 6.07 Å². The lowest BCUT2D eigenvalue weighted by Gasteiger charge is -2.16. The number of halogens is 1. The van der Waals surface area contributed by atoms with Crippen LogP contribution < -0.4 is 15.4 Å². The number of benzene rings is 1. The molecule has 1 aliphatic rings. The van der Waals surface area contributed by atoms with E-state index in [4.69, 9.17) is 14.0 Å². The van der Waals surface area contributed by atoms with Gasteiger partial charge in [-0.3, -0.25) is 4.99 Å². The lowest BCUT2D eigenvalue weighted by Crippen LogP contribution is -2.36. The van der Waals surface area contributed by atoms with Gasteiger partial charge in [0.1, 0.15) is 5.75 Å². The standard InChI is InChI=1S/C22H32N4O3.HI/c1-15(2)20-10-19(29-26-20)12-25-22(23-4)24-11-18-6-5-16(3)9-21(18)28-14-17-7-8-27-13-17;/h5-6,9-10,15,17H,7-8,11-14H2,1-4H3,(H2,23,24,25);1H. The van der Waals surface area contributed by atoms with Gasteiger partial charge in [0.05, 0.1) is 25.5 Å². The van der Waals surface area contributed by atoms with Crippen LogP contribution in [0.25, 0.3) is 0 Å². The fourth-order valence-corrected chi connectivity index (χ4v) is 3.12. The van der Waals surface area contributed by atoms with Gasteiger partial charge in [0.15, 0.2) is 11.7 Å². The molecule has 3 rings (SSSR count). The van der Waals surface area contributed by atoms with E-state index in [1.165, 1.54) is 5.56 Å². The van der Waals surface area contributed by atoms with E-state index in [1.54, 1.807) is 7.05 Å². The third kappa shape index (κ3) is 7.16. The van der Waals surface area contributed by atoms with Crippen molar-refractivity contribution in [1.82, 2.24) is 15.8 Å². The number of aryl methyl sites for hydroxylation is 1. The zero-order valence-corrected chi connectivity index (χ0v) is 20.6. The van der Waals surface area contributed by atoms with E-state index in [0.717, 1.165) is 42.4 Å². The summed E-state index contributed by atoms with van der Waals surface area (Å²) in [6.07, 6.45) is 1.07. The molecule has 1 saturated heterocycles. The van der Waals surface area contributed by atoms with Crippen LogP contribution >= 0.6 is 24.0 Å². The Hall–Kier alpha value is -1.81. The van der Waals surface area contributed by atoms with Gasteiger partial charge in [0.2, 0.25) is 0 Å². The number of nitrogens with zero attached hydrogens (tertiary/aromatic N) is 2. The van der Waals surface area contributed by atoms with Gasteiger partial charge in [0, 0.05) is 37.7 Å². The summed E-state index contributed by atoms with van der Waals surface area (Å²) in [5.74, 6) is 3.22. The van der Waals surface area contributed by atoms with Crippen molar-refractivity contribution in [3.8, 4) is 5.75 Å². The molecule has 0 saturated carbocycles. The number of nitrogens with one attached hydrogen (secondary N) is 2. The molecule has 2 heterocycles. The minimum atomic E-state index is 0. The quantitative estimate of drug-likeness (QED) is 0.306. The van der Waals surface area contributed by atoms with Crippen molar-refractivity contribution in [2.75, 3.05) is 26.9 Å². The van der Waals surface area contributed by atoms with Gasteiger partial charge in [-0.05, 0) is 30.9 Å². The van der Waals surface area contributed by atoms with Gasteiger partial charge in [-0.25, -0.2) is 0 Å². The highest BCUT2D eigenvalue weighted by Gasteiger charge is 2.17. The van der Waals surface area contributed by atoms with E-state index in [0.29, 0.717) is 37.5 Å². The molecule has 166 valence electrons. The molecule has 1 atom stereocenters. The maximum atomic E-state index is 6.12. The van der Waals surface area contributed by atoms with E-state index in [-0.39, 0.29) is 24.0 Å². The molecule has 0 bridgehead atoms. The normalized spacial score (nSPS) is 16.4. The zero-order valence-electron chi connectivity index (χ0n) is 18.2. The van der Waals surface area contributed by atoms with E-state index in [9.17, 15) is 0 Å². The second-order valence-electron chi connectivity index (χ2n) is 7.80. The number of hydrogen-bond acceptors (Lipinski definition) is 5. The number of hydrogen-bond donors (Lipinski definition) is 2. The van der Waals surface area contributed by atoms with E-state index in [2.05, 4.69) is 59.8 Å². The van der Waals surface area contributed by atoms with Crippen molar-refractivity contribution in [2.45, 2.75) is 46.2 Å². The average molecular weight is 528 g/mol. The minimum absolute atomic E-state index is 0. The molecule has 1 aliphatic heterocycles. The molecule has 1 aromatic carbocycles. The van der Waals surface area contributed by atoms with Crippen LogP contribution in [-0.4, -0.2) is 38.0 Å². The third-order valence-electron chi connectivity index (χ3n) is 4.99. The number of ether oxygens (including phenoxy) is 2. The predicted octanol–water partition coefficient (Wildman–Crippen LogP) is 4.00. The van der Waals surface area contributed by atoms with Gasteiger partial charge in [0.25, 0.3) is 0 Å². The van der Waals surface area contributed by atoms with Crippen molar-refractivity contribution in [1.29, 1.82) is 0 Å². The third-order valence-corrected chi connectivity index (χ3v) is 4.99. The maximum Gasteiger partial charge on any atom is 0.191 e. The molecule has 7 nitrogen and oxygen atoms in total. The Labute approximate surface area is 196 Å². The maximum absolute atomic E-state index is 6.12. The van der Waals surface area contributed by atoms with Crippen molar-refractivity contribution in [3.05, 3.63) is 46.8 Å². The Kier molecular flexibility index (Phi) is 9.90. The summed E-state index contributed by atoms with van der Waals surface area (Å²) in [5.41, 5.74) is 3.23. The molecule has 0 spiro atoms. The molecule has 0 radical (unpaired) electrons. The van der Waals surface area contributed by atoms with E-state index >= 15 is 0 Å². The van der Waals surface area contributed by atoms with Crippen LogP contribution in [-0.2, 0) is 17.8 Å². The van der Waals surface area contributed by atoms with Crippen molar-refractivity contribution in [3.63, 3.8) is 0 Å². The molecule has 1 aromatic heterocycles. The summed E-state index contributed by atoms with van der Waals surface area (Å²) in [6, 6.07) is 8.26. The summed E-state index contributed by atoms with van der Waals surface area (Å²) >= 11 is 0. The van der Waals surface area contributed by atoms with Crippen LogP contribution in [0.15, 0.2) is 33.8 Å². The number of guanidine groups is 1. The van der Waals surface area contributed by atoms with Crippen LogP contribution in [0.4, 0.5) is 0 Å². The molecule has 1 unspecified atom stereocenters. The summed E-state index contributed by atoms with van der Waals surface area (Å²) in [5, 5.41) is 10.7. The second kappa shape index (κ2) is 12.1. The highest BCUT2D eigenvalue weighted by atomic mass is 127. The predicted molar refractivity (Wildman–Crippen MR) is 129 cm³/mol. The molecule has 0 aliphatic carbocycles. The topological polar surface area (TPSA) is 80.9 Å². The number of aliphatic imine (C=N–C) groups is 1. The Morgan fingerprint density at radius 3 is 2.73 bits per heavy atom. The molecular formula is C22H33IN4O3. The molecular weight excluding hydrogens is 495 g/mol. The molecule has 2 N–H and O–H groups in total. The Morgan fingerprint density at radius 2 is 2.07 bits per heavy atom. The first-order valence-corrected chi connectivity index (χ1v) is 10.2. The van der Waals surface area contributed by atoms with Gasteiger partial charge >= 0.3 is 0 Å². The summed E-state index contributed by atoms with van der Waals surface area (Å²) in [6.45, 7) is 9.72. The molecule has 2 aromatic rings. The lowest BCUT2D eigenvalue weighted by atomic mass is 10.1. The first-order valence-electron chi connectivity index (χ1n) is 10.2. The van der Waals surface area contributed by atoms with Crippen molar-refractivity contribution < 1.29 is 14.0 Å². The second-order valence-corrected chi connectivity index (χ2v) is 7.80. The highest BCUT2D eigenvalue weighted by Crippen LogP contribution is 2.22. The van der Waals surface area contributed by atoms with Gasteiger partial charge in [-0.15, -0.1) is 24.0 Å². The Morgan fingerprint density at radius 1 is 1.27 bits per heavy atom. The SMILES string of the molecule is CN=C(NCc1cc(C(C)C)no1)NCc1ccc(C)cc1OCC1CCOC1.I. The van der Waals surface area contributed by atoms with Crippen molar-refractivity contribution in [2.24, 2.45) is 10.9 Å². The average Bonchev–Trinajstić information content (AvgIpc) is 3.39. The van der Waals surface area contributed by atoms with Crippen molar-refractivity contribution >= 4 is 29.9 Å². The van der Waals surface area contributed by atoms with Crippen LogP contribution in [0.5, 0.6) is 5.75 Å². The minimum Gasteiger partial charge on any atom is -0.493 e. The van der Waals surface area contributed by atoms with Crippen LogP contribution in [0, 0.1) is 12.8 Å². The van der Waals surface area contributed by atoms with E-state index < -0.39 is 0 Å². The summed E-state index contributed by atoms with van der Waals surface area (Å²) in [4.78, 5) is 4.29. The molecule has 30 heavy (non-hydrogen) atoms. The zero-order chi connectivity index (χ0) is 20.6. The van der Waals surface area contributed by atoms with Gasteiger partial charge < -0.3 is 24.6 Å². The molecule has 8 heteroatoms. The fraction of sp³-hybridized carbons (Fsp3) is 0.545. The number of aromatic nitrogens is 1. The Bertz CT molecular complexity index is 816. The summed E-state index contributed by atoms with van der Waals surface area (Å²) in [7, 11) is 1.75. The fourth-order valence-electron chi connectivity index (χ4n) is 3.12. The number of rotatable bonds is 8. The van der Waals surface area contributed by atoms with Crippen LogP contribution in [0.2, 0.25) is 0 Å². The highest BCUT2D eigenvalue weighted by molar-refractivity contribution is 14.0. The van der Waals surface area contributed by atoms with Crippen LogP contribution in [0.1, 0.15) is 48.8 Å². The lowest BCUT2D eigenvalue weighted by molar-refractivity contribution is 0.166.